The number of likely N-dealkylation sites (tertiary alicyclic amines) is 1. The molecule has 3 aromatic heterocycles. The number of anilines is 1. The molecule has 0 bridgehead atoms. The van der Waals surface area contributed by atoms with E-state index in [1.807, 2.05) is 31.2 Å². The molecule has 3 saturated carbocycles. The van der Waals surface area contributed by atoms with Crippen molar-refractivity contribution >= 4 is 17.8 Å². The summed E-state index contributed by atoms with van der Waals surface area (Å²) in [6, 6.07) is 7.77. The second-order valence-electron chi connectivity index (χ2n) is 14.7. The van der Waals surface area contributed by atoms with E-state index >= 15 is 0 Å². The summed E-state index contributed by atoms with van der Waals surface area (Å²) in [5, 5.41) is 9.69. The smallest absolute Gasteiger partial charge is 0.420 e. The van der Waals surface area contributed by atoms with Gasteiger partial charge in [-0.15, -0.1) is 0 Å². The number of aliphatic hydroxyl groups is 1. The van der Waals surface area contributed by atoms with Gasteiger partial charge in [0.2, 0.25) is 5.91 Å². The lowest BCUT2D eigenvalue weighted by molar-refractivity contribution is -0.296. The van der Waals surface area contributed by atoms with Crippen molar-refractivity contribution < 1.29 is 41.8 Å². The van der Waals surface area contributed by atoms with Crippen molar-refractivity contribution in [2.24, 2.45) is 11.8 Å². The zero-order valence-corrected chi connectivity index (χ0v) is 28.9. The second-order valence-corrected chi connectivity index (χ2v) is 14.7. The Balaban J connectivity index is 1.01. The first-order chi connectivity index (χ1) is 24.4. The maximum atomic E-state index is 14.3. The molecule has 4 aliphatic rings. The van der Waals surface area contributed by atoms with Crippen molar-refractivity contribution in [3.05, 3.63) is 54.0 Å². The normalized spacial score (nSPS) is 24.8. The molecule has 4 fully saturated rings. The molecule has 3 aliphatic carbocycles. The third-order valence-corrected chi connectivity index (χ3v) is 11.0. The van der Waals surface area contributed by atoms with Crippen LogP contribution in [0.2, 0.25) is 0 Å². The molecule has 0 aromatic carbocycles. The van der Waals surface area contributed by atoms with Crippen LogP contribution in [0.15, 0.2) is 41.1 Å². The molecule has 1 N–H and O–H groups in total. The van der Waals surface area contributed by atoms with Crippen LogP contribution in [0.1, 0.15) is 93.3 Å². The summed E-state index contributed by atoms with van der Waals surface area (Å²) in [6.45, 7) is 0.762. The number of alkyl halides is 3. The lowest BCUT2D eigenvalue weighted by atomic mass is 9.79. The first-order valence-electron chi connectivity index (χ1n) is 17.9. The highest BCUT2D eigenvalue weighted by atomic mass is 19.4. The number of amides is 2. The Hall–Kier alpha value is -4.20. The molecule has 0 atom stereocenters. The van der Waals surface area contributed by atoms with E-state index in [1.54, 1.807) is 24.5 Å². The first kappa shape index (κ1) is 35.2. The molecule has 11 nitrogen and oxygen atoms in total. The van der Waals surface area contributed by atoms with Crippen LogP contribution < -0.4 is 9.64 Å². The van der Waals surface area contributed by atoms with Gasteiger partial charge in [0.25, 0.3) is 0 Å². The summed E-state index contributed by atoms with van der Waals surface area (Å²) >= 11 is 0. The Kier molecular flexibility index (Phi) is 9.72. The van der Waals surface area contributed by atoms with Gasteiger partial charge in [0.05, 0.1) is 25.9 Å². The van der Waals surface area contributed by atoms with Gasteiger partial charge in [-0.05, 0) is 101 Å². The lowest BCUT2D eigenvalue weighted by Crippen LogP contribution is -2.70. The van der Waals surface area contributed by atoms with E-state index in [1.165, 1.54) is 0 Å². The Morgan fingerprint density at radius 3 is 2.35 bits per heavy atom. The third kappa shape index (κ3) is 7.56. The van der Waals surface area contributed by atoms with Gasteiger partial charge in [0.1, 0.15) is 29.6 Å². The number of pyridine rings is 2. The standard InChI is InChI=1S/C37H44F3N5O6/c1-22-31(49-2)14-13-29(42-22)24-5-3-23(4-6-24)18-45(32-17-27(15-16-41-32)30-19-50-33(43-30)25-7-8-25)34(46)26-9-11-28(12-10-26)51-35(47)44-20-36(48,21-44)37(38,39)40/h13-17,19,23-26,28,48H,3-12,18,20-21H2,1-2H3. The number of nitrogens with zero attached hydrogens (tertiary/aromatic N) is 5. The fourth-order valence-electron chi connectivity index (χ4n) is 7.63. The number of β-amino-alcohol motifs (C(OH)–C–C–N with tert-alkyl or cyclic N) is 1. The molecule has 0 unspecified atom stereocenters. The monoisotopic (exact) mass is 711 g/mol. The number of halogens is 3. The quantitative estimate of drug-likeness (QED) is 0.251. The number of aryl methyl sites for hydroxylation is 1. The summed E-state index contributed by atoms with van der Waals surface area (Å²) in [5.74, 6) is 2.63. The van der Waals surface area contributed by atoms with Gasteiger partial charge in [-0.2, -0.15) is 13.2 Å². The Bertz CT molecular complexity index is 1720. The minimum absolute atomic E-state index is 0.0456. The van der Waals surface area contributed by atoms with E-state index in [0.29, 0.717) is 55.6 Å². The maximum Gasteiger partial charge on any atom is 0.420 e. The number of carbonyl (C=O) groups excluding carboxylic acids is 2. The Labute approximate surface area is 294 Å². The molecule has 0 radical (unpaired) electrons. The number of aromatic nitrogens is 3. The summed E-state index contributed by atoms with van der Waals surface area (Å²) in [4.78, 5) is 43.7. The summed E-state index contributed by atoms with van der Waals surface area (Å²) < 4.78 is 55.7. The van der Waals surface area contributed by atoms with Crippen molar-refractivity contribution in [3.8, 4) is 17.0 Å². The molecule has 2 amide bonds. The van der Waals surface area contributed by atoms with Crippen molar-refractivity contribution in [2.45, 2.75) is 101 Å². The Morgan fingerprint density at radius 2 is 1.71 bits per heavy atom. The predicted octanol–water partition coefficient (Wildman–Crippen LogP) is 6.94. The first-order valence-corrected chi connectivity index (χ1v) is 17.9. The van der Waals surface area contributed by atoms with Crippen LogP contribution in [0, 0.1) is 18.8 Å². The molecular weight excluding hydrogens is 667 g/mol. The zero-order chi connectivity index (χ0) is 35.9. The number of oxazole rings is 1. The molecule has 3 aromatic rings. The number of hydrogen-bond acceptors (Lipinski definition) is 9. The molecule has 274 valence electrons. The molecule has 1 aliphatic heterocycles. The number of hydrogen-bond donors (Lipinski definition) is 1. The van der Waals surface area contributed by atoms with Crippen LogP contribution in [0.25, 0.3) is 11.3 Å². The average Bonchev–Trinajstić information content (AvgIpc) is 3.84. The van der Waals surface area contributed by atoms with Gasteiger partial charge in [-0.1, -0.05) is 0 Å². The molecule has 1 saturated heterocycles. The highest BCUT2D eigenvalue weighted by Gasteiger charge is 2.62. The molecule has 14 heteroatoms. The van der Waals surface area contributed by atoms with Gasteiger partial charge < -0.3 is 23.9 Å². The zero-order valence-electron chi connectivity index (χ0n) is 28.9. The van der Waals surface area contributed by atoms with E-state index in [4.69, 9.17) is 23.9 Å². The fraction of sp³-hybridized carbons (Fsp3) is 0.595. The molecule has 0 spiro atoms. The Morgan fingerprint density at radius 1 is 1.00 bits per heavy atom. The number of ether oxygens (including phenoxy) is 2. The predicted molar refractivity (Wildman–Crippen MR) is 179 cm³/mol. The van der Waals surface area contributed by atoms with E-state index in [-0.39, 0.29) is 17.7 Å². The van der Waals surface area contributed by atoms with Crippen molar-refractivity contribution in [1.29, 1.82) is 0 Å². The van der Waals surface area contributed by atoms with Gasteiger partial charge in [-0.3, -0.25) is 14.7 Å². The highest BCUT2D eigenvalue weighted by molar-refractivity contribution is 5.94. The van der Waals surface area contributed by atoms with Crippen molar-refractivity contribution in [1.82, 2.24) is 19.9 Å². The van der Waals surface area contributed by atoms with E-state index in [0.717, 1.165) is 72.0 Å². The lowest BCUT2D eigenvalue weighted by Gasteiger charge is -2.46. The molecular formula is C37H44F3N5O6. The van der Waals surface area contributed by atoms with E-state index in [9.17, 15) is 27.9 Å². The molecule has 4 heterocycles. The van der Waals surface area contributed by atoms with Crippen molar-refractivity contribution in [3.63, 3.8) is 0 Å². The minimum Gasteiger partial charge on any atom is -0.495 e. The van der Waals surface area contributed by atoms with Crippen LogP contribution in [0.4, 0.5) is 23.8 Å². The third-order valence-electron chi connectivity index (χ3n) is 11.0. The highest BCUT2D eigenvalue weighted by Crippen LogP contribution is 2.42. The van der Waals surface area contributed by atoms with Crippen LogP contribution in [0.3, 0.4) is 0 Å². The summed E-state index contributed by atoms with van der Waals surface area (Å²) in [7, 11) is 1.64. The maximum absolute atomic E-state index is 14.3. The van der Waals surface area contributed by atoms with E-state index in [2.05, 4.69) is 4.98 Å². The van der Waals surface area contributed by atoms with Crippen molar-refractivity contribution in [2.75, 3.05) is 31.6 Å². The molecule has 51 heavy (non-hydrogen) atoms. The summed E-state index contributed by atoms with van der Waals surface area (Å²) in [6.07, 6.45) is 4.77. The fourth-order valence-corrected chi connectivity index (χ4v) is 7.63. The second kappa shape index (κ2) is 14.1. The number of methoxy groups -OCH3 is 1. The average molecular weight is 712 g/mol. The summed E-state index contributed by atoms with van der Waals surface area (Å²) in [5.41, 5.74) is 0.555. The van der Waals surface area contributed by atoms with E-state index < -0.39 is 37.1 Å². The van der Waals surface area contributed by atoms with Gasteiger partial charge >= 0.3 is 12.3 Å². The SMILES string of the molecule is COc1ccc(C2CCC(CN(C(=O)C3CCC(OC(=O)N4CC(O)(C(F)(F)F)C4)CC3)c3cc(-c4coc(C5CC5)n4)ccn3)CC2)nc1C. The van der Waals surface area contributed by atoms with Gasteiger partial charge in [0, 0.05) is 41.8 Å². The van der Waals surface area contributed by atoms with Gasteiger partial charge in [0.15, 0.2) is 11.5 Å². The van der Waals surface area contributed by atoms with Crippen LogP contribution >= 0.6 is 0 Å². The molecule has 7 rings (SSSR count). The topological polar surface area (TPSA) is 131 Å². The number of carbonyl (C=O) groups is 2. The van der Waals surface area contributed by atoms with Gasteiger partial charge in [-0.25, -0.2) is 14.8 Å². The van der Waals surface area contributed by atoms with Crippen LogP contribution in [-0.2, 0) is 9.53 Å². The van der Waals surface area contributed by atoms with Crippen LogP contribution in [-0.4, -0.2) is 81.6 Å². The number of rotatable bonds is 9. The largest absolute Gasteiger partial charge is 0.495 e. The minimum atomic E-state index is -4.82. The van der Waals surface area contributed by atoms with Crippen LogP contribution in [0.5, 0.6) is 5.75 Å².